The van der Waals surface area contributed by atoms with Crippen molar-refractivity contribution >= 4 is 57.3 Å². The second-order valence-electron chi connectivity index (χ2n) is 7.19. The molecule has 0 spiro atoms. The molecule has 0 aliphatic carbocycles. The second-order valence-corrected chi connectivity index (χ2v) is 10.2. The minimum absolute atomic E-state index is 0.0503. The normalized spacial score (nSPS) is 11.5. The molecule has 1 heterocycles. The highest BCUT2D eigenvalue weighted by Crippen LogP contribution is 2.31. The van der Waals surface area contributed by atoms with E-state index in [1.165, 1.54) is 28.7 Å². The molecule has 4 nitrogen and oxygen atoms in total. The summed E-state index contributed by atoms with van der Waals surface area (Å²) in [6, 6.07) is 13.2. The average molecular weight is 452 g/mol. The molecule has 3 rings (SSSR count). The van der Waals surface area contributed by atoms with Crippen LogP contribution in [0.2, 0.25) is 10.0 Å². The van der Waals surface area contributed by atoms with Crippen molar-refractivity contribution < 1.29 is 4.79 Å². The van der Waals surface area contributed by atoms with Crippen molar-refractivity contribution in [2.45, 2.75) is 36.3 Å². The van der Waals surface area contributed by atoms with E-state index in [2.05, 4.69) is 36.3 Å². The Hall–Kier alpha value is -1.60. The van der Waals surface area contributed by atoms with Crippen LogP contribution in [0.25, 0.3) is 0 Å². The monoisotopic (exact) mass is 451 g/mol. The van der Waals surface area contributed by atoms with Crippen LogP contribution >= 0.6 is 46.3 Å². The van der Waals surface area contributed by atoms with Crippen LogP contribution in [0.15, 0.2) is 46.8 Å². The second kappa shape index (κ2) is 8.82. The van der Waals surface area contributed by atoms with Crippen molar-refractivity contribution in [3.05, 3.63) is 69.2 Å². The number of benzene rings is 2. The molecule has 0 unspecified atom stereocenters. The Labute approximate surface area is 182 Å². The number of carbonyl (C=O) groups excluding carboxylic acids is 1. The van der Waals surface area contributed by atoms with Gasteiger partial charge in [0, 0.05) is 11.3 Å². The maximum absolute atomic E-state index is 12.4. The SMILES string of the molecule is CC(C)(C)c1ccc(C(=O)Nc2nnc(SCc3ccc(Cl)c(Cl)c3)s2)cc1. The van der Waals surface area contributed by atoms with Gasteiger partial charge in [-0.15, -0.1) is 10.2 Å². The number of hydrogen-bond acceptors (Lipinski definition) is 5. The number of nitrogens with zero attached hydrogens (tertiary/aromatic N) is 2. The maximum Gasteiger partial charge on any atom is 0.257 e. The van der Waals surface area contributed by atoms with Crippen LogP contribution in [0.4, 0.5) is 5.13 Å². The van der Waals surface area contributed by atoms with Crippen molar-refractivity contribution in [2.75, 3.05) is 5.32 Å². The van der Waals surface area contributed by atoms with Gasteiger partial charge in [-0.3, -0.25) is 10.1 Å². The van der Waals surface area contributed by atoms with Gasteiger partial charge in [-0.2, -0.15) is 0 Å². The molecular formula is C20H19Cl2N3OS2. The largest absolute Gasteiger partial charge is 0.296 e. The Bertz CT molecular complexity index is 982. The number of aromatic nitrogens is 2. The summed E-state index contributed by atoms with van der Waals surface area (Å²) in [6.45, 7) is 6.42. The minimum Gasteiger partial charge on any atom is -0.296 e. The third kappa shape index (κ3) is 5.47. The molecule has 0 bridgehead atoms. The highest BCUT2D eigenvalue weighted by Gasteiger charge is 2.15. The van der Waals surface area contributed by atoms with Gasteiger partial charge in [-0.05, 0) is 40.8 Å². The third-order valence-electron chi connectivity index (χ3n) is 3.99. The molecule has 0 radical (unpaired) electrons. The van der Waals surface area contributed by atoms with Gasteiger partial charge < -0.3 is 0 Å². The smallest absolute Gasteiger partial charge is 0.257 e. The average Bonchev–Trinajstić information content (AvgIpc) is 3.09. The van der Waals surface area contributed by atoms with Gasteiger partial charge in [0.1, 0.15) is 0 Å². The topological polar surface area (TPSA) is 54.9 Å². The molecule has 0 saturated heterocycles. The number of hydrogen-bond donors (Lipinski definition) is 1. The van der Waals surface area contributed by atoms with Gasteiger partial charge in [-0.1, -0.05) is 85.3 Å². The number of rotatable bonds is 5. The summed E-state index contributed by atoms with van der Waals surface area (Å²) >= 11 is 14.8. The molecule has 3 aromatic rings. The van der Waals surface area contributed by atoms with Crippen LogP contribution < -0.4 is 5.32 Å². The predicted molar refractivity (Wildman–Crippen MR) is 119 cm³/mol. The van der Waals surface area contributed by atoms with E-state index in [4.69, 9.17) is 23.2 Å². The Balaban J connectivity index is 1.59. The number of nitrogens with one attached hydrogen (secondary N) is 1. The lowest BCUT2D eigenvalue weighted by Gasteiger charge is -2.18. The first-order valence-electron chi connectivity index (χ1n) is 8.54. The van der Waals surface area contributed by atoms with Gasteiger partial charge in [-0.25, -0.2) is 0 Å². The maximum atomic E-state index is 12.4. The van der Waals surface area contributed by atoms with E-state index in [-0.39, 0.29) is 11.3 Å². The first kappa shape index (κ1) is 21.1. The van der Waals surface area contributed by atoms with E-state index in [0.29, 0.717) is 26.5 Å². The molecule has 28 heavy (non-hydrogen) atoms. The molecular weight excluding hydrogens is 433 g/mol. The summed E-state index contributed by atoms with van der Waals surface area (Å²) in [6.07, 6.45) is 0. The molecule has 146 valence electrons. The van der Waals surface area contributed by atoms with E-state index in [1.54, 1.807) is 6.07 Å². The fourth-order valence-corrected chi connectivity index (χ4v) is 4.39. The van der Waals surface area contributed by atoms with Gasteiger partial charge in [0.15, 0.2) is 4.34 Å². The number of halogens is 2. The van der Waals surface area contributed by atoms with Crippen molar-refractivity contribution in [1.29, 1.82) is 0 Å². The molecule has 1 aromatic heterocycles. The van der Waals surface area contributed by atoms with Gasteiger partial charge in [0.25, 0.3) is 5.91 Å². The number of anilines is 1. The lowest BCUT2D eigenvalue weighted by molar-refractivity contribution is 0.102. The summed E-state index contributed by atoms with van der Waals surface area (Å²) in [5.41, 5.74) is 2.86. The van der Waals surface area contributed by atoms with Crippen LogP contribution in [0.5, 0.6) is 0 Å². The molecule has 2 aromatic carbocycles. The summed E-state index contributed by atoms with van der Waals surface area (Å²) in [5.74, 6) is 0.492. The summed E-state index contributed by atoms with van der Waals surface area (Å²) in [7, 11) is 0. The van der Waals surface area contributed by atoms with E-state index in [9.17, 15) is 4.79 Å². The Kier molecular flexibility index (Phi) is 6.65. The zero-order chi connectivity index (χ0) is 20.3. The third-order valence-corrected chi connectivity index (χ3v) is 6.77. The van der Waals surface area contributed by atoms with Crippen LogP contribution in [-0.4, -0.2) is 16.1 Å². The Morgan fingerprint density at radius 3 is 2.43 bits per heavy atom. The lowest BCUT2D eigenvalue weighted by atomic mass is 9.87. The van der Waals surface area contributed by atoms with E-state index in [0.717, 1.165) is 9.90 Å². The quantitative estimate of drug-likeness (QED) is 0.346. The van der Waals surface area contributed by atoms with E-state index in [1.807, 2.05) is 36.4 Å². The molecule has 0 atom stereocenters. The standard InChI is InChI=1S/C20H19Cl2N3OS2/c1-20(2,3)14-7-5-13(6-8-14)17(26)23-18-24-25-19(28-18)27-11-12-4-9-15(21)16(22)10-12/h4-10H,11H2,1-3H3,(H,23,24,26). The van der Waals surface area contributed by atoms with Crippen molar-refractivity contribution in [3.63, 3.8) is 0 Å². The molecule has 0 aliphatic heterocycles. The fraction of sp³-hybridized carbons (Fsp3) is 0.250. The molecule has 0 aliphatic rings. The van der Waals surface area contributed by atoms with Crippen LogP contribution in [-0.2, 0) is 11.2 Å². The first-order valence-corrected chi connectivity index (χ1v) is 11.1. The van der Waals surface area contributed by atoms with Gasteiger partial charge in [0.2, 0.25) is 5.13 Å². The number of carbonyl (C=O) groups is 1. The zero-order valence-electron chi connectivity index (χ0n) is 15.6. The van der Waals surface area contributed by atoms with E-state index < -0.39 is 0 Å². The molecule has 8 heteroatoms. The van der Waals surface area contributed by atoms with Crippen molar-refractivity contribution in [3.8, 4) is 0 Å². The van der Waals surface area contributed by atoms with Crippen molar-refractivity contribution in [1.82, 2.24) is 10.2 Å². The fourth-order valence-electron chi connectivity index (χ4n) is 2.38. The highest BCUT2D eigenvalue weighted by atomic mass is 35.5. The Morgan fingerprint density at radius 1 is 1.07 bits per heavy atom. The summed E-state index contributed by atoms with van der Waals surface area (Å²) in [5, 5.41) is 12.5. The summed E-state index contributed by atoms with van der Waals surface area (Å²) in [4.78, 5) is 12.4. The van der Waals surface area contributed by atoms with Gasteiger partial charge in [0.05, 0.1) is 10.0 Å². The molecule has 1 amide bonds. The van der Waals surface area contributed by atoms with E-state index >= 15 is 0 Å². The highest BCUT2D eigenvalue weighted by molar-refractivity contribution is 8.00. The zero-order valence-corrected chi connectivity index (χ0v) is 18.8. The molecule has 0 fully saturated rings. The van der Waals surface area contributed by atoms with Gasteiger partial charge >= 0.3 is 0 Å². The molecule has 0 saturated carbocycles. The molecule has 1 N–H and O–H groups in total. The summed E-state index contributed by atoms with van der Waals surface area (Å²) < 4.78 is 0.768. The number of amides is 1. The Morgan fingerprint density at radius 2 is 1.79 bits per heavy atom. The lowest BCUT2D eigenvalue weighted by Crippen LogP contribution is -2.14. The van der Waals surface area contributed by atoms with Crippen LogP contribution in [0.1, 0.15) is 42.3 Å². The van der Waals surface area contributed by atoms with Crippen LogP contribution in [0.3, 0.4) is 0 Å². The van der Waals surface area contributed by atoms with Crippen LogP contribution in [0, 0.1) is 0 Å². The number of thioether (sulfide) groups is 1. The van der Waals surface area contributed by atoms with Crippen molar-refractivity contribution in [2.24, 2.45) is 0 Å². The predicted octanol–water partition coefficient (Wildman–Crippen LogP) is 6.69. The first-order chi connectivity index (χ1) is 13.2. The minimum atomic E-state index is -0.197.